The summed E-state index contributed by atoms with van der Waals surface area (Å²) in [6, 6.07) is 1.20. The Morgan fingerprint density at radius 3 is 2.39 bits per heavy atom. The van der Waals surface area contributed by atoms with Crippen molar-refractivity contribution in [3.05, 3.63) is 47.2 Å². The van der Waals surface area contributed by atoms with E-state index in [-0.39, 0.29) is 23.0 Å². The maximum Gasteiger partial charge on any atom is 0.387 e. The van der Waals surface area contributed by atoms with Crippen molar-refractivity contribution in [3.63, 3.8) is 0 Å². The summed E-state index contributed by atoms with van der Waals surface area (Å²) in [5, 5.41) is 2.75. The minimum absolute atomic E-state index is 0.0233. The smallest absolute Gasteiger partial charge is 0.387 e. The molecule has 0 bridgehead atoms. The molecule has 0 aliphatic carbocycles. The molecule has 0 saturated carbocycles. The van der Waals surface area contributed by atoms with Gasteiger partial charge in [-0.1, -0.05) is 33.3 Å². The number of aromatic nitrogens is 1. The van der Waals surface area contributed by atoms with Gasteiger partial charge in [0.15, 0.2) is 0 Å². The van der Waals surface area contributed by atoms with Crippen LogP contribution in [0.25, 0.3) is 5.57 Å². The fourth-order valence-corrected chi connectivity index (χ4v) is 2.59. The lowest BCUT2D eigenvalue weighted by Gasteiger charge is -2.15. The number of nitrogens with one attached hydrogen (secondary N) is 1. The van der Waals surface area contributed by atoms with Crippen molar-refractivity contribution < 1.29 is 22.3 Å². The summed E-state index contributed by atoms with van der Waals surface area (Å²) in [6.45, 7) is 8.43. The van der Waals surface area contributed by atoms with E-state index in [9.17, 15) is 17.6 Å². The number of aliphatic imine (C=N–C) groups is 2. The summed E-state index contributed by atoms with van der Waals surface area (Å²) in [5.74, 6) is 0.475. The van der Waals surface area contributed by atoms with Gasteiger partial charge in [-0.05, 0) is 32.1 Å². The molecule has 7 nitrogen and oxygen atoms in total. The van der Waals surface area contributed by atoms with E-state index in [0.29, 0.717) is 36.1 Å². The van der Waals surface area contributed by atoms with Crippen LogP contribution in [0.15, 0.2) is 51.6 Å². The number of nitrogens with two attached hydrogens (primary N) is 2. The first-order valence-corrected chi connectivity index (χ1v) is 11.5. The molecule has 0 saturated heterocycles. The summed E-state index contributed by atoms with van der Waals surface area (Å²) in [4.78, 5) is 12.4. The van der Waals surface area contributed by atoms with E-state index < -0.39 is 18.7 Å². The molecule has 0 aliphatic rings. The Labute approximate surface area is 210 Å². The van der Waals surface area contributed by atoms with Gasteiger partial charge in [0.2, 0.25) is 0 Å². The van der Waals surface area contributed by atoms with Crippen molar-refractivity contribution in [2.45, 2.75) is 61.0 Å². The molecule has 0 radical (unpaired) electrons. The Bertz CT molecular complexity index is 1020. The van der Waals surface area contributed by atoms with Gasteiger partial charge in [0.1, 0.15) is 17.4 Å². The molecule has 1 rings (SSSR count). The zero-order valence-corrected chi connectivity index (χ0v) is 21.5. The molecular weight excluding hydrogens is 476 g/mol. The Hall–Kier alpha value is -3.37. The number of allylic oxidation sites excluding steroid dienone is 3. The summed E-state index contributed by atoms with van der Waals surface area (Å²) in [5.41, 5.74) is 12.9. The highest BCUT2D eigenvalue weighted by molar-refractivity contribution is 6.10. The number of ether oxygens (including phenoxy) is 1. The van der Waals surface area contributed by atoms with Gasteiger partial charge in [-0.3, -0.25) is 4.99 Å². The van der Waals surface area contributed by atoms with Gasteiger partial charge in [-0.25, -0.2) is 18.8 Å². The third kappa shape index (κ3) is 10.1. The SMILES string of the molecule is CC/C(C)=C(N)/C=C(\N=C(C)C(F)F)Nc1cc(OC(F)F)c(/C(C=NCC(C)C(C)C)=C/N)cn1. The van der Waals surface area contributed by atoms with Gasteiger partial charge < -0.3 is 21.5 Å². The minimum Gasteiger partial charge on any atom is -0.434 e. The zero-order valence-electron chi connectivity index (χ0n) is 21.5. The van der Waals surface area contributed by atoms with Gasteiger partial charge in [0.25, 0.3) is 6.43 Å². The monoisotopic (exact) mass is 512 g/mol. The number of hydrogen-bond acceptors (Lipinski definition) is 7. The fourth-order valence-electron chi connectivity index (χ4n) is 2.59. The average molecular weight is 513 g/mol. The molecule has 1 aromatic rings. The fraction of sp³-hybridized carbons (Fsp3) is 0.480. The molecule has 1 unspecified atom stereocenters. The van der Waals surface area contributed by atoms with Crippen LogP contribution in [0.2, 0.25) is 0 Å². The Kier molecular flexibility index (Phi) is 12.7. The number of pyridine rings is 1. The Morgan fingerprint density at radius 1 is 1.19 bits per heavy atom. The quantitative estimate of drug-likeness (QED) is 0.171. The molecule has 11 heteroatoms. The number of rotatable bonds is 13. The van der Waals surface area contributed by atoms with Gasteiger partial charge >= 0.3 is 6.61 Å². The van der Waals surface area contributed by atoms with Crippen molar-refractivity contribution in [1.82, 2.24) is 4.98 Å². The summed E-state index contributed by atoms with van der Waals surface area (Å²) in [7, 11) is 0. The summed E-state index contributed by atoms with van der Waals surface area (Å²) in [6.07, 6.45) is 3.18. The van der Waals surface area contributed by atoms with Crippen LogP contribution in [0.5, 0.6) is 5.75 Å². The van der Waals surface area contributed by atoms with Gasteiger partial charge in [0.05, 0.1) is 5.71 Å². The lowest BCUT2D eigenvalue weighted by atomic mass is 9.98. The standard InChI is InChI=1S/C25H36F4N6O/c1-7-15(4)20(31)8-23(34-17(6)24(26)27)35-22-9-21(36-25(28)29)19(13-33-22)18(10-30)12-32-11-16(5)14(2)3/h8-10,12-14,16,24-25H,7,11,30-31H2,1-6H3,(H,33,35)/b18-10+,20-15-,23-8+,32-12?,34-17?. The van der Waals surface area contributed by atoms with Gasteiger partial charge in [-0.2, -0.15) is 8.78 Å². The molecule has 0 aliphatic heterocycles. The largest absolute Gasteiger partial charge is 0.434 e. The van der Waals surface area contributed by atoms with E-state index in [1.165, 1.54) is 30.8 Å². The second-order valence-electron chi connectivity index (χ2n) is 8.58. The number of anilines is 1. The second-order valence-corrected chi connectivity index (χ2v) is 8.58. The van der Waals surface area contributed by atoms with E-state index in [0.717, 1.165) is 12.5 Å². The molecule has 1 atom stereocenters. The molecule has 0 amide bonds. The van der Waals surface area contributed by atoms with Crippen molar-refractivity contribution in [2.24, 2.45) is 33.3 Å². The Morgan fingerprint density at radius 2 is 1.86 bits per heavy atom. The molecule has 36 heavy (non-hydrogen) atoms. The number of nitrogens with zero attached hydrogens (tertiary/aromatic N) is 3. The highest BCUT2D eigenvalue weighted by Gasteiger charge is 2.16. The topological polar surface area (TPSA) is 111 Å². The van der Waals surface area contributed by atoms with Crippen LogP contribution in [-0.2, 0) is 0 Å². The third-order valence-corrected chi connectivity index (χ3v) is 5.52. The van der Waals surface area contributed by atoms with E-state index in [1.807, 2.05) is 6.92 Å². The highest BCUT2D eigenvalue weighted by Crippen LogP contribution is 2.29. The first-order chi connectivity index (χ1) is 16.9. The van der Waals surface area contributed by atoms with Crippen molar-refractivity contribution in [2.75, 3.05) is 11.9 Å². The molecule has 0 spiro atoms. The van der Waals surface area contributed by atoms with Crippen molar-refractivity contribution in [1.29, 1.82) is 0 Å². The van der Waals surface area contributed by atoms with Gasteiger partial charge in [0, 0.05) is 54.1 Å². The van der Waals surface area contributed by atoms with Crippen molar-refractivity contribution in [3.8, 4) is 5.75 Å². The lowest BCUT2D eigenvalue weighted by molar-refractivity contribution is -0.0500. The molecule has 0 fully saturated rings. The van der Waals surface area contributed by atoms with E-state index >= 15 is 0 Å². The molecule has 200 valence electrons. The number of hydrogen-bond donors (Lipinski definition) is 3. The second kappa shape index (κ2) is 14.9. The molecular formula is C25H36F4N6O. The normalized spacial score (nSPS) is 15.2. The van der Waals surface area contributed by atoms with Crippen molar-refractivity contribution >= 4 is 23.3 Å². The lowest BCUT2D eigenvalue weighted by Crippen LogP contribution is -2.11. The van der Waals surface area contributed by atoms with Crippen LogP contribution in [-0.4, -0.2) is 36.5 Å². The van der Waals surface area contributed by atoms with Crippen LogP contribution in [0.3, 0.4) is 0 Å². The highest BCUT2D eigenvalue weighted by atomic mass is 19.3. The third-order valence-electron chi connectivity index (χ3n) is 5.52. The first-order valence-electron chi connectivity index (χ1n) is 11.5. The van der Waals surface area contributed by atoms with Crippen LogP contribution >= 0.6 is 0 Å². The number of alkyl halides is 4. The molecule has 0 aromatic carbocycles. The van der Waals surface area contributed by atoms with Crippen LogP contribution in [0, 0.1) is 11.8 Å². The van der Waals surface area contributed by atoms with Crippen LogP contribution in [0.1, 0.15) is 53.5 Å². The molecule has 1 heterocycles. The van der Waals surface area contributed by atoms with E-state index in [4.69, 9.17) is 16.2 Å². The summed E-state index contributed by atoms with van der Waals surface area (Å²) >= 11 is 0. The predicted octanol–water partition coefficient (Wildman–Crippen LogP) is 5.97. The van der Waals surface area contributed by atoms with E-state index in [2.05, 4.69) is 41.1 Å². The van der Waals surface area contributed by atoms with Crippen LogP contribution in [0.4, 0.5) is 23.4 Å². The summed E-state index contributed by atoms with van der Waals surface area (Å²) < 4.78 is 57.2. The maximum absolute atomic E-state index is 13.2. The number of halogens is 4. The van der Waals surface area contributed by atoms with E-state index in [1.54, 1.807) is 6.92 Å². The first kappa shape index (κ1) is 30.7. The zero-order chi connectivity index (χ0) is 27.4. The maximum atomic E-state index is 13.2. The van der Waals surface area contributed by atoms with Gasteiger partial charge in [-0.15, -0.1) is 0 Å². The molecule has 1 aromatic heterocycles. The predicted molar refractivity (Wildman–Crippen MR) is 138 cm³/mol. The molecule has 5 N–H and O–H groups in total. The minimum atomic E-state index is -3.13. The Balaban J connectivity index is 3.43. The van der Waals surface area contributed by atoms with Crippen LogP contribution < -0.4 is 21.5 Å². The average Bonchev–Trinajstić information content (AvgIpc) is 2.81.